The molecule has 2 bridgehead atoms. The molecule has 1 aromatic rings. The molecule has 1 aliphatic heterocycles. The van der Waals surface area contributed by atoms with Crippen molar-refractivity contribution in [2.75, 3.05) is 20.2 Å². The number of nitrogens with zero attached hydrogens (tertiary/aromatic N) is 1. The number of hydrogen-bond acceptors (Lipinski definition) is 2. The van der Waals surface area contributed by atoms with Crippen LogP contribution in [-0.4, -0.2) is 31.1 Å². The minimum absolute atomic E-state index is 0.349. The lowest BCUT2D eigenvalue weighted by Gasteiger charge is -2.59. The fraction of sp³-hybridized carbons (Fsp3) is 0.652. The van der Waals surface area contributed by atoms with Crippen LogP contribution in [-0.2, 0) is 11.8 Å². The summed E-state index contributed by atoms with van der Waals surface area (Å²) in [4.78, 5) is 2.90. The first-order valence-corrected chi connectivity index (χ1v) is 10.3. The van der Waals surface area contributed by atoms with Gasteiger partial charge in [0.1, 0.15) is 5.75 Å². The highest BCUT2D eigenvalue weighted by Gasteiger charge is 2.64. The molecule has 0 amide bonds. The topological polar surface area (TPSA) is 12.5 Å². The highest BCUT2D eigenvalue weighted by Crippen LogP contribution is 2.67. The molecule has 5 aliphatic rings. The van der Waals surface area contributed by atoms with E-state index in [0.717, 1.165) is 35.5 Å². The van der Waals surface area contributed by atoms with Gasteiger partial charge < -0.3 is 4.74 Å². The van der Waals surface area contributed by atoms with Crippen LogP contribution in [0.4, 0.5) is 0 Å². The van der Waals surface area contributed by atoms with Gasteiger partial charge in [-0.3, -0.25) is 4.90 Å². The Balaban J connectivity index is 1.48. The zero-order valence-corrected chi connectivity index (χ0v) is 15.3. The second kappa shape index (κ2) is 4.91. The van der Waals surface area contributed by atoms with Crippen LogP contribution in [0.1, 0.15) is 43.2 Å². The molecule has 3 unspecified atom stereocenters. The number of benzene rings is 1. The van der Waals surface area contributed by atoms with Crippen LogP contribution in [0, 0.1) is 23.7 Å². The molecule has 2 nitrogen and oxygen atoms in total. The van der Waals surface area contributed by atoms with Crippen LogP contribution < -0.4 is 4.74 Å². The number of allylic oxidation sites excluding steroid dienone is 1. The standard InChI is InChI=1S/C23H29NO/c1-14-12-23-7-8-24(13-15-3-4-15)21(22(23)19-11-18(14)19)9-16-5-6-17(25-2)10-20(16)23/h5-6,10,15,18-19,21-22H,1,3-4,7-9,11-13H2,2H3/t18?,19?,21-,22?,23-/m1/s1. The van der Waals surface area contributed by atoms with Crippen molar-refractivity contribution in [1.29, 1.82) is 0 Å². The molecule has 0 radical (unpaired) electrons. The first kappa shape index (κ1) is 14.8. The maximum atomic E-state index is 5.61. The number of methoxy groups -OCH3 is 1. The van der Waals surface area contributed by atoms with E-state index in [9.17, 15) is 0 Å². The van der Waals surface area contributed by atoms with Gasteiger partial charge in [-0.05, 0) is 92.0 Å². The van der Waals surface area contributed by atoms with Gasteiger partial charge in [0.15, 0.2) is 0 Å². The molecule has 1 heterocycles. The van der Waals surface area contributed by atoms with E-state index >= 15 is 0 Å². The Morgan fingerprint density at radius 1 is 1.32 bits per heavy atom. The maximum Gasteiger partial charge on any atom is 0.119 e. The Kier molecular flexibility index (Phi) is 2.92. The van der Waals surface area contributed by atoms with Gasteiger partial charge in [0.25, 0.3) is 0 Å². The van der Waals surface area contributed by atoms with Gasteiger partial charge >= 0.3 is 0 Å². The summed E-state index contributed by atoms with van der Waals surface area (Å²) in [5.41, 5.74) is 5.10. The fourth-order valence-corrected chi connectivity index (χ4v) is 6.86. The van der Waals surface area contributed by atoms with Gasteiger partial charge in [0, 0.05) is 18.0 Å². The van der Waals surface area contributed by atoms with Crippen molar-refractivity contribution < 1.29 is 4.74 Å². The largest absolute Gasteiger partial charge is 0.497 e. The summed E-state index contributed by atoms with van der Waals surface area (Å²) in [5, 5.41) is 0. The minimum Gasteiger partial charge on any atom is -0.497 e. The zero-order chi connectivity index (χ0) is 16.8. The van der Waals surface area contributed by atoms with Gasteiger partial charge in [-0.2, -0.15) is 0 Å². The Morgan fingerprint density at radius 2 is 2.20 bits per heavy atom. The molecule has 0 N–H and O–H groups in total. The SMILES string of the molecule is C=C1C[C@]23CCN(CC4CC4)[C@H](Cc4ccc(OC)cc42)C3C2CC12. The van der Waals surface area contributed by atoms with Gasteiger partial charge in [-0.1, -0.05) is 18.2 Å². The summed E-state index contributed by atoms with van der Waals surface area (Å²) in [6.07, 6.45) is 8.16. The fourth-order valence-electron chi connectivity index (χ4n) is 6.86. The van der Waals surface area contributed by atoms with Crippen molar-refractivity contribution in [2.24, 2.45) is 23.7 Å². The molecule has 4 fully saturated rings. The second-order valence-corrected chi connectivity index (χ2v) is 9.51. The third kappa shape index (κ3) is 2.01. The van der Waals surface area contributed by atoms with Crippen molar-refractivity contribution in [3.63, 3.8) is 0 Å². The Morgan fingerprint density at radius 3 is 3.00 bits per heavy atom. The van der Waals surface area contributed by atoms with E-state index in [1.54, 1.807) is 23.8 Å². The number of likely N-dealkylation sites (tertiary alicyclic amines) is 1. The summed E-state index contributed by atoms with van der Waals surface area (Å²) < 4.78 is 5.61. The molecule has 4 aliphatic carbocycles. The smallest absolute Gasteiger partial charge is 0.119 e. The Labute approximate surface area is 151 Å². The summed E-state index contributed by atoms with van der Waals surface area (Å²) in [5.74, 6) is 4.64. The molecule has 1 aromatic carbocycles. The highest BCUT2D eigenvalue weighted by atomic mass is 16.5. The molecule has 25 heavy (non-hydrogen) atoms. The predicted octanol–water partition coefficient (Wildman–Crippen LogP) is 4.19. The van der Waals surface area contributed by atoms with Crippen molar-refractivity contribution in [1.82, 2.24) is 4.90 Å². The summed E-state index contributed by atoms with van der Waals surface area (Å²) in [6.45, 7) is 7.17. The zero-order valence-electron chi connectivity index (χ0n) is 15.3. The van der Waals surface area contributed by atoms with E-state index in [-0.39, 0.29) is 0 Å². The third-order valence-corrected chi connectivity index (χ3v) is 8.21. The number of ether oxygens (including phenoxy) is 1. The quantitative estimate of drug-likeness (QED) is 0.768. The maximum absolute atomic E-state index is 5.61. The Bertz CT molecular complexity index is 750. The van der Waals surface area contributed by atoms with E-state index in [4.69, 9.17) is 4.74 Å². The van der Waals surface area contributed by atoms with E-state index in [0.29, 0.717) is 5.41 Å². The molecule has 0 aromatic heterocycles. The monoisotopic (exact) mass is 335 g/mol. The molecule has 5 atom stereocenters. The van der Waals surface area contributed by atoms with E-state index in [1.807, 2.05) is 0 Å². The molecular weight excluding hydrogens is 306 g/mol. The van der Waals surface area contributed by atoms with Crippen LogP contribution in [0.3, 0.4) is 0 Å². The number of rotatable bonds is 3. The average Bonchev–Trinajstić information content (AvgIpc) is 3.51. The van der Waals surface area contributed by atoms with Crippen LogP contribution in [0.2, 0.25) is 0 Å². The van der Waals surface area contributed by atoms with Crippen LogP contribution in [0.25, 0.3) is 0 Å². The van der Waals surface area contributed by atoms with Crippen LogP contribution in [0.5, 0.6) is 5.75 Å². The van der Waals surface area contributed by atoms with Crippen molar-refractivity contribution in [3.05, 3.63) is 41.5 Å². The number of fused-ring (bicyclic) bond motifs is 2. The molecule has 3 saturated carbocycles. The molecule has 1 saturated heterocycles. The van der Waals surface area contributed by atoms with E-state index < -0.39 is 0 Å². The highest BCUT2D eigenvalue weighted by molar-refractivity contribution is 5.48. The first-order valence-electron chi connectivity index (χ1n) is 10.3. The predicted molar refractivity (Wildman–Crippen MR) is 99.9 cm³/mol. The second-order valence-electron chi connectivity index (χ2n) is 9.51. The summed E-state index contributed by atoms with van der Waals surface area (Å²) in [6, 6.07) is 7.69. The lowest BCUT2D eigenvalue weighted by Crippen LogP contribution is -2.62. The van der Waals surface area contributed by atoms with Crippen molar-refractivity contribution in [2.45, 2.75) is 50.0 Å². The summed E-state index contributed by atoms with van der Waals surface area (Å²) in [7, 11) is 1.80. The molecule has 0 spiro atoms. The molecule has 6 rings (SSSR count). The van der Waals surface area contributed by atoms with Gasteiger partial charge in [-0.25, -0.2) is 0 Å². The van der Waals surface area contributed by atoms with Gasteiger partial charge in [0.05, 0.1) is 7.11 Å². The lowest BCUT2D eigenvalue weighted by molar-refractivity contribution is -0.0110. The third-order valence-electron chi connectivity index (χ3n) is 8.21. The average molecular weight is 335 g/mol. The first-order chi connectivity index (χ1) is 12.2. The molecule has 132 valence electrons. The normalized spacial score (nSPS) is 41.6. The van der Waals surface area contributed by atoms with Crippen LogP contribution >= 0.6 is 0 Å². The van der Waals surface area contributed by atoms with Crippen molar-refractivity contribution in [3.8, 4) is 5.75 Å². The summed E-state index contributed by atoms with van der Waals surface area (Å²) >= 11 is 0. The number of piperidine rings is 1. The van der Waals surface area contributed by atoms with E-state index in [2.05, 4.69) is 29.7 Å². The van der Waals surface area contributed by atoms with Crippen LogP contribution in [0.15, 0.2) is 30.4 Å². The number of hydrogen-bond donors (Lipinski definition) is 0. The Hall–Kier alpha value is -1.28. The minimum atomic E-state index is 0.349. The van der Waals surface area contributed by atoms with Gasteiger partial charge in [-0.15, -0.1) is 0 Å². The van der Waals surface area contributed by atoms with E-state index in [1.165, 1.54) is 51.6 Å². The lowest BCUT2D eigenvalue weighted by atomic mass is 9.51. The van der Waals surface area contributed by atoms with Crippen molar-refractivity contribution >= 4 is 0 Å². The molecular formula is C23H29NO. The van der Waals surface area contributed by atoms with Gasteiger partial charge in [0.2, 0.25) is 0 Å². The molecule has 2 heteroatoms.